The van der Waals surface area contributed by atoms with E-state index in [4.69, 9.17) is 22.7 Å². The molecule has 0 radical (unpaired) electrons. The van der Waals surface area contributed by atoms with Gasteiger partial charge in [0.15, 0.2) is 0 Å². The van der Waals surface area contributed by atoms with E-state index < -0.39 is 10.0 Å². The fourth-order valence-electron chi connectivity index (χ4n) is 1.80. The van der Waals surface area contributed by atoms with Gasteiger partial charge in [-0.25, -0.2) is 8.42 Å². The van der Waals surface area contributed by atoms with Crippen molar-refractivity contribution in [3.05, 3.63) is 23.8 Å². The molecule has 0 aromatic heterocycles. The predicted octanol–water partition coefficient (Wildman–Crippen LogP) is 1.48. The maximum absolute atomic E-state index is 12.0. The molecule has 1 aromatic carbocycles. The maximum Gasteiger partial charge on any atom is 0.233 e. The molecule has 0 amide bonds. The van der Waals surface area contributed by atoms with E-state index in [1.807, 2.05) is 0 Å². The molecule has 0 aliphatic heterocycles. The quantitative estimate of drug-likeness (QED) is 0.778. The van der Waals surface area contributed by atoms with Crippen molar-refractivity contribution in [2.45, 2.75) is 12.8 Å². The van der Waals surface area contributed by atoms with E-state index in [2.05, 4.69) is 4.72 Å². The van der Waals surface area contributed by atoms with Gasteiger partial charge in [-0.2, -0.15) is 0 Å². The van der Waals surface area contributed by atoms with Crippen molar-refractivity contribution >= 4 is 32.9 Å². The van der Waals surface area contributed by atoms with Crippen LogP contribution in [0.3, 0.4) is 0 Å². The Bertz CT molecular complexity index is 595. The summed E-state index contributed by atoms with van der Waals surface area (Å²) in [6.45, 7) is 0. The van der Waals surface area contributed by atoms with Crippen LogP contribution in [0, 0.1) is 5.92 Å². The molecule has 1 aliphatic rings. The summed E-state index contributed by atoms with van der Waals surface area (Å²) in [5.74, 6) is 0.798. The largest absolute Gasteiger partial charge is 0.495 e. The monoisotopic (exact) mass is 300 g/mol. The summed E-state index contributed by atoms with van der Waals surface area (Å²) in [4.78, 5) is 0.128. The summed E-state index contributed by atoms with van der Waals surface area (Å²) in [7, 11) is -1.94. The lowest BCUT2D eigenvalue weighted by Crippen LogP contribution is -2.21. The highest BCUT2D eigenvalue weighted by molar-refractivity contribution is 7.92. The van der Waals surface area contributed by atoms with Crippen molar-refractivity contribution in [2.75, 3.05) is 17.6 Å². The summed E-state index contributed by atoms with van der Waals surface area (Å²) < 4.78 is 31.8. The van der Waals surface area contributed by atoms with Crippen molar-refractivity contribution in [2.24, 2.45) is 11.7 Å². The SMILES string of the molecule is COc1cccc(C(N)=S)c1NS(=O)(=O)CC1CC1. The molecule has 7 heteroatoms. The van der Waals surface area contributed by atoms with E-state index in [0.29, 0.717) is 17.0 Å². The first kappa shape index (κ1) is 14.1. The molecule has 1 saturated carbocycles. The van der Waals surface area contributed by atoms with Crippen LogP contribution in [0.15, 0.2) is 18.2 Å². The van der Waals surface area contributed by atoms with E-state index >= 15 is 0 Å². The van der Waals surface area contributed by atoms with Crippen LogP contribution >= 0.6 is 12.2 Å². The van der Waals surface area contributed by atoms with Crippen LogP contribution in [-0.2, 0) is 10.0 Å². The first-order valence-electron chi connectivity index (χ1n) is 5.90. The minimum atomic E-state index is -3.41. The molecular formula is C12H16N2O3S2. The molecule has 0 saturated heterocycles. The summed E-state index contributed by atoms with van der Waals surface area (Å²) >= 11 is 4.93. The third-order valence-electron chi connectivity index (χ3n) is 2.92. The number of rotatable bonds is 6. The molecule has 5 nitrogen and oxygen atoms in total. The van der Waals surface area contributed by atoms with Gasteiger partial charge in [-0.1, -0.05) is 18.3 Å². The maximum atomic E-state index is 12.0. The predicted molar refractivity (Wildman–Crippen MR) is 79.0 cm³/mol. The molecule has 104 valence electrons. The molecule has 0 spiro atoms. The third kappa shape index (κ3) is 3.57. The van der Waals surface area contributed by atoms with Crippen molar-refractivity contribution in [3.63, 3.8) is 0 Å². The van der Waals surface area contributed by atoms with Gasteiger partial charge in [-0.05, 0) is 30.9 Å². The van der Waals surface area contributed by atoms with Gasteiger partial charge in [0, 0.05) is 5.56 Å². The Balaban J connectivity index is 2.34. The second-order valence-corrected chi connectivity index (χ2v) is 6.78. The van der Waals surface area contributed by atoms with Crippen LogP contribution < -0.4 is 15.2 Å². The number of hydrogen-bond acceptors (Lipinski definition) is 4. The minimum Gasteiger partial charge on any atom is -0.495 e. The van der Waals surface area contributed by atoms with Gasteiger partial charge in [-0.3, -0.25) is 4.72 Å². The highest BCUT2D eigenvalue weighted by atomic mass is 32.2. The Labute approximate surface area is 118 Å². The number of ether oxygens (including phenoxy) is 1. The lowest BCUT2D eigenvalue weighted by atomic mass is 10.1. The van der Waals surface area contributed by atoms with Gasteiger partial charge < -0.3 is 10.5 Å². The Morgan fingerprint density at radius 3 is 2.74 bits per heavy atom. The number of thiocarbonyl (C=S) groups is 1. The lowest BCUT2D eigenvalue weighted by molar-refractivity contribution is 0.417. The Morgan fingerprint density at radius 1 is 1.53 bits per heavy atom. The molecule has 0 heterocycles. The minimum absolute atomic E-state index is 0.127. The van der Waals surface area contributed by atoms with Crippen LogP contribution in [0.5, 0.6) is 5.75 Å². The zero-order valence-electron chi connectivity index (χ0n) is 10.5. The zero-order chi connectivity index (χ0) is 14.0. The first-order valence-corrected chi connectivity index (χ1v) is 7.96. The van der Waals surface area contributed by atoms with Gasteiger partial charge in [0.2, 0.25) is 10.0 Å². The standard InChI is InChI=1S/C12H16N2O3S2/c1-17-10-4-2-3-9(12(13)18)11(10)14-19(15,16)7-8-5-6-8/h2-4,8,14H,5-7H2,1H3,(H2,13,18). The second-order valence-electron chi connectivity index (χ2n) is 4.57. The molecule has 19 heavy (non-hydrogen) atoms. The van der Waals surface area contributed by atoms with Gasteiger partial charge in [-0.15, -0.1) is 0 Å². The molecule has 2 rings (SSSR count). The number of benzene rings is 1. The highest BCUT2D eigenvalue weighted by Gasteiger charge is 2.29. The van der Waals surface area contributed by atoms with E-state index in [1.165, 1.54) is 7.11 Å². The van der Waals surface area contributed by atoms with Crippen LogP contribution in [-0.4, -0.2) is 26.3 Å². The van der Waals surface area contributed by atoms with Crippen LogP contribution in [0.25, 0.3) is 0 Å². The van der Waals surface area contributed by atoms with Crippen LogP contribution in [0.1, 0.15) is 18.4 Å². The average Bonchev–Trinajstić information content (AvgIpc) is 3.11. The number of nitrogens with one attached hydrogen (secondary N) is 1. The van der Waals surface area contributed by atoms with Crippen LogP contribution in [0.4, 0.5) is 5.69 Å². The fourth-order valence-corrected chi connectivity index (χ4v) is 3.53. The van der Waals surface area contributed by atoms with Crippen molar-refractivity contribution < 1.29 is 13.2 Å². The third-order valence-corrected chi connectivity index (χ3v) is 4.57. The topological polar surface area (TPSA) is 81.4 Å². The lowest BCUT2D eigenvalue weighted by Gasteiger charge is -2.15. The second kappa shape index (κ2) is 5.34. The number of para-hydroxylation sites is 1. The zero-order valence-corrected chi connectivity index (χ0v) is 12.2. The molecule has 3 N–H and O–H groups in total. The average molecular weight is 300 g/mol. The normalized spacial score (nSPS) is 15.0. The molecule has 0 bridgehead atoms. The number of hydrogen-bond donors (Lipinski definition) is 2. The fraction of sp³-hybridized carbons (Fsp3) is 0.417. The molecule has 1 aliphatic carbocycles. The van der Waals surface area contributed by atoms with Gasteiger partial charge in [0.1, 0.15) is 16.4 Å². The Hall–Kier alpha value is -1.34. The summed E-state index contributed by atoms with van der Waals surface area (Å²) in [6.07, 6.45) is 1.93. The van der Waals surface area contributed by atoms with E-state index in [1.54, 1.807) is 18.2 Å². The van der Waals surface area contributed by atoms with Gasteiger partial charge in [0.25, 0.3) is 0 Å². The Kier molecular flexibility index (Phi) is 3.96. The highest BCUT2D eigenvalue weighted by Crippen LogP contribution is 2.33. The van der Waals surface area contributed by atoms with Crippen LogP contribution in [0.2, 0.25) is 0 Å². The molecule has 0 unspecified atom stereocenters. The summed E-state index contributed by atoms with van der Waals surface area (Å²) in [5, 5.41) is 0. The van der Waals surface area contributed by atoms with Crippen molar-refractivity contribution in [3.8, 4) is 5.75 Å². The van der Waals surface area contributed by atoms with E-state index in [-0.39, 0.29) is 16.7 Å². The molecule has 1 fully saturated rings. The number of nitrogens with two attached hydrogens (primary N) is 1. The van der Waals surface area contributed by atoms with Gasteiger partial charge >= 0.3 is 0 Å². The van der Waals surface area contributed by atoms with Crippen molar-refractivity contribution in [1.29, 1.82) is 0 Å². The number of anilines is 1. The number of sulfonamides is 1. The van der Waals surface area contributed by atoms with Crippen molar-refractivity contribution in [1.82, 2.24) is 0 Å². The van der Waals surface area contributed by atoms with E-state index in [0.717, 1.165) is 12.8 Å². The smallest absolute Gasteiger partial charge is 0.233 e. The molecule has 1 aromatic rings. The molecular weight excluding hydrogens is 284 g/mol. The van der Waals surface area contributed by atoms with Gasteiger partial charge in [0.05, 0.1) is 12.9 Å². The van der Waals surface area contributed by atoms with E-state index in [9.17, 15) is 8.42 Å². The summed E-state index contributed by atoms with van der Waals surface area (Å²) in [6, 6.07) is 5.04. The summed E-state index contributed by atoms with van der Waals surface area (Å²) in [5.41, 5.74) is 6.40. The number of methoxy groups -OCH3 is 1. The molecule has 0 atom stereocenters. The first-order chi connectivity index (χ1) is 8.93. The Morgan fingerprint density at radius 2 is 2.21 bits per heavy atom.